The maximum atomic E-state index is 11.7. The summed E-state index contributed by atoms with van der Waals surface area (Å²) in [5.74, 6) is -0.268. The zero-order valence-electron chi connectivity index (χ0n) is 12.1. The van der Waals surface area contributed by atoms with E-state index in [0.717, 1.165) is 25.7 Å². The summed E-state index contributed by atoms with van der Waals surface area (Å²) in [6.45, 7) is 3.94. The minimum atomic E-state index is -0.431. The van der Waals surface area contributed by atoms with Crippen LogP contribution in [0.25, 0.3) is 0 Å². The van der Waals surface area contributed by atoms with Crippen LogP contribution in [0.3, 0.4) is 0 Å². The Hall–Kier alpha value is -1.14. The molecule has 1 rings (SSSR count). The summed E-state index contributed by atoms with van der Waals surface area (Å²) in [6, 6.07) is 0.276. The van der Waals surface area contributed by atoms with Crippen LogP contribution in [0.15, 0.2) is 0 Å². The molecule has 6 nitrogen and oxygen atoms in total. The summed E-state index contributed by atoms with van der Waals surface area (Å²) in [7, 11) is 1.92. The summed E-state index contributed by atoms with van der Waals surface area (Å²) in [5.41, 5.74) is 5.86. The lowest BCUT2D eigenvalue weighted by atomic mass is 9.91. The van der Waals surface area contributed by atoms with E-state index in [9.17, 15) is 9.59 Å². The highest BCUT2D eigenvalue weighted by Gasteiger charge is 2.23. The summed E-state index contributed by atoms with van der Waals surface area (Å²) in [4.78, 5) is 25.1. The van der Waals surface area contributed by atoms with Crippen molar-refractivity contribution < 1.29 is 9.59 Å². The van der Waals surface area contributed by atoms with Gasteiger partial charge in [0.15, 0.2) is 0 Å². The Bertz CT molecular complexity index is 312. The Kier molecular flexibility index (Phi) is 6.24. The van der Waals surface area contributed by atoms with Crippen molar-refractivity contribution in [1.82, 2.24) is 15.5 Å². The molecule has 0 aromatic carbocycles. The molecule has 3 amide bonds. The topological polar surface area (TPSA) is 87.5 Å². The molecule has 1 aliphatic carbocycles. The standard InChI is InChI=1S/C13H26N4O2/c1-9(2)15-13(19)16-12(18)8-17(3)11-6-4-10(14)5-7-11/h9-11H,4-8,14H2,1-3H3,(H2,15,16,18,19). The van der Waals surface area contributed by atoms with Gasteiger partial charge in [-0.3, -0.25) is 15.0 Å². The molecule has 0 unspecified atom stereocenters. The molecule has 0 radical (unpaired) electrons. The zero-order chi connectivity index (χ0) is 14.4. The van der Waals surface area contributed by atoms with E-state index in [-0.39, 0.29) is 18.5 Å². The van der Waals surface area contributed by atoms with Crippen molar-refractivity contribution >= 4 is 11.9 Å². The number of amides is 3. The monoisotopic (exact) mass is 270 g/mol. The van der Waals surface area contributed by atoms with Gasteiger partial charge in [0.05, 0.1) is 6.54 Å². The second kappa shape index (κ2) is 7.45. The third-order valence-electron chi connectivity index (χ3n) is 3.43. The van der Waals surface area contributed by atoms with E-state index in [4.69, 9.17) is 5.73 Å². The van der Waals surface area contributed by atoms with E-state index in [1.165, 1.54) is 0 Å². The molecule has 0 aromatic heterocycles. The van der Waals surface area contributed by atoms with Crippen molar-refractivity contribution in [3.63, 3.8) is 0 Å². The first-order valence-electron chi connectivity index (χ1n) is 6.94. The Morgan fingerprint density at radius 1 is 1.26 bits per heavy atom. The zero-order valence-corrected chi connectivity index (χ0v) is 12.1. The fourth-order valence-electron chi connectivity index (χ4n) is 2.36. The average Bonchev–Trinajstić information content (AvgIpc) is 2.27. The molecule has 1 fully saturated rings. The Morgan fingerprint density at radius 2 is 1.84 bits per heavy atom. The molecule has 19 heavy (non-hydrogen) atoms. The number of hydrogen-bond donors (Lipinski definition) is 3. The number of nitrogens with zero attached hydrogens (tertiary/aromatic N) is 1. The van der Waals surface area contributed by atoms with E-state index in [2.05, 4.69) is 10.6 Å². The molecule has 0 heterocycles. The number of likely N-dealkylation sites (N-methyl/N-ethyl adjacent to an activating group) is 1. The molecule has 0 spiro atoms. The third kappa shape index (κ3) is 6.02. The number of nitrogens with two attached hydrogens (primary N) is 1. The van der Waals surface area contributed by atoms with Crippen molar-refractivity contribution in [2.75, 3.05) is 13.6 Å². The number of carbonyl (C=O) groups excluding carboxylic acids is 2. The molecule has 1 saturated carbocycles. The first-order chi connectivity index (χ1) is 8.88. The minimum absolute atomic E-state index is 0.0189. The fraction of sp³-hybridized carbons (Fsp3) is 0.846. The Morgan fingerprint density at radius 3 is 2.37 bits per heavy atom. The maximum Gasteiger partial charge on any atom is 0.321 e. The first-order valence-corrected chi connectivity index (χ1v) is 6.94. The Labute approximate surface area is 115 Å². The van der Waals surface area contributed by atoms with E-state index in [1.807, 2.05) is 25.8 Å². The summed E-state index contributed by atoms with van der Waals surface area (Å²) < 4.78 is 0. The highest BCUT2D eigenvalue weighted by Crippen LogP contribution is 2.20. The molecular formula is C13H26N4O2. The smallest absolute Gasteiger partial charge is 0.321 e. The van der Waals surface area contributed by atoms with Crippen LogP contribution in [0.1, 0.15) is 39.5 Å². The molecular weight excluding hydrogens is 244 g/mol. The lowest BCUT2D eigenvalue weighted by molar-refractivity contribution is -0.121. The molecule has 1 aliphatic rings. The van der Waals surface area contributed by atoms with Crippen LogP contribution >= 0.6 is 0 Å². The van der Waals surface area contributed by atoms with Gasteiger partial charge in [-0.25, -0.2) is 4.79 Å². The van der Waals surface area contributed by atoms with Gasteiger partial charge in [0, 0.05) is 18.1 Å². The number of hydrogen-bond acceptors (Lipinski definition) is 4. The molecule has 4 N–H and O–H groups in total. The number of urea groups is 1. The van der Waals surface area contributed by atoms with Gasteiger partial charge in [0.1, 0.15) is 0 Å². The van der Waals surface area contributed by atoms with Crippen LogP contribution in [0, 0.1) is 0 Å². The number of nitrogens with one attached hydrogen (secondary N) is 2. The van der Waals surface area contributed by atoms with Crippen LogP contribution in [0.4, 0.5) is 4.79 Å². The lowest BCUT2D eigenvalue weighted by Gasteiger charge is -2.32. The fourth-order valence-corrected chi connectivity index (χ4v) is 2.36. The van der Waals surface area contributed by atoms with Gasteiger partial charge >= 0.3 is 6.03 Å². The SMILES string of the molecule is CC(C)NC(=O)NC(=O)CN(C)C1CCC(N)CC1. The van der Waals surface area contributed by atoms with Crippen LogP contribution in [-0.4, -0.2) is 48.6 Å². The minimum Gasteiger partial charge on any atom is -0.336 e. The van der Waals surface area contributed by atoms with Crippen LogP contribution in [0.2, 0.25) is 0 Å². The molecule has 0 atom stereocenters. The number of rotatable bonds is 4. The van der Waals surface area contributed by atoms with E-state index >= 15 is 0 Å². The van der Waals surface area contributed by atoms with Crippen molar-refractivity contribution in [2.45, 2.75) is 57.7 Å². The van der Waals surface area contributed by atoms with Gasteiger partial charge < -0.3 is 11.1 Å². The lowest BCUT2D eigenvalue weighted by Crippen LogP contribution is -2.48. The van der Waals surface area contributed by atoms with E-state index < -0.39 is 6.03 Å². The quantitative estimate of drug-likeness (QED) is 0.691. The van der Waals surface area contributed by atoms with Crippen LogP contribution < -0.4 is 16.4 Å². The van der Waals surface area contributed by atoms with Gasteiger partial charge in [0.25, 0.3) is 0 Å². The summed E-state index contributed by atoms with van der Waals surface area (Å²) in [6.07, 6.45) is 4.04. The third-order valence-corrected chi connectivity index (χ3v) is 3.43. The number of imide groups is 1. The highest BCUT2D eigenvalue weighted by atomic mass is 16.2. The predicted octanol–water partition coefficient (Wildman–Crippen LogP) is 0.422. The van der Waals surface area contributed by atoms with Crippen LogP contribution in [0.5, 0.6) is 0 Å². The molecule has 0 aromatic rings. The number of carbonyl (C=O) groups is 2. The van der Waals surface area contributed by atoms with E-state index in [1.54, 1.807) is 0 Å². The highest BCUT2D eigenvalue weighted by molar-refractivity contribution is 5.95. The summed E-state index contributed by atoms with van der Waals surface area (Å²) in [5, 5.41) is 4.96. The van der Waals surface area contributed by atoms with Gasteiger partial charge in [-0.05, 0) is 46.6 Å². The normalized spacial score (nSPS) is 23.5. The molecule has 0 aliphatic heterocycles. The van der Waals surface area contributed by atoms with Gasteiger partial charge in [0.2, 0.25) is 5.91 Å². The molecule has 6 heteroatoms. The van der Waals surface area contributed by atoms with Gasteiger partial charge in [-0.15, -0.1) is 0 Å². The molecule has 110 valence electrons. The van der Waals surface area contributed by atoms with Gasteiger partial charge in [-0.2, -0.15) is 0 Å². The second-order valence-corrected chi connectivity index (χ2v) is 5.66. The van der Waals surface area contributed by atoms with Gasteiger partial charge in [-0.1, -0.05) is 0 Å². The predicted molar refractivity (Wildman–Crippen MR) is 74.7 cm³/mol. The van der Waals surface area contributed by atoms with Crippen molar-refractivity contribution in [3.8, 4) is 0 Å². The summed E-state index contributed by atoms with van der Waals surface area (Å²) >= 11 is 0. The van der Waals surface area contributed by atoms with Crippen LogP contribution in [-0.2, 0) is 4.79 Å². The first kappa shape index (κ1) is 15.9. The molecule has 0 bridgehead atoms. The Balaban J connectivity index is 2.29. The second-order valence-electron chi connectivity index (χ2n) is 5.66. The largest absolute Gasteiger partial charge is 0.336 e. The van der Waals surface area contributed by atoms with E-state index in [0.29, 0.717) is 12.1 Å². The van der Waals surface area contributed by atoms with Crippen molar-refractivity contribution in [2.24, 2.45) is 5.73 Å². The molecule has 0 saturated heterocycles. The van der Waals surface area contributed by atoms with Crippen molar-refractivity contribution in [1.29, 1.82) is 0 Å². The average molecular weight is 270 g/mol. The maximum absolute atomic E-state index is 11.7. The van der Waals surface area contributed by atoms with Crippen molar-refractivity contribution in [3.05, 3.63) is 0 Å².